The number of hydrogen-bond acceptors (Lipinski definition) is 4. The zero-order chi connectivity index (χ0) is 14.7. The van der Waals surface area contributed by atoms with Gasteiger partial charge in [-0.1, -0.05) is 42.5 Å². The number of imide groups is 1. The second-order valence-electron chi connectivity index (χ2n) is 4.53. The van der Waals surface area contributed by atoms with E-state index in [9.17, 15) is 9.59 Å². The first-order valence-corrected chi connectivity index (χ1v) is 6.55. The summed E-state index contributed by atoms with van der Waals surface area (Å²) in [4.78, 5) is 24.1. The molecule has 1 saturated heterocycles. The Morgan fingerprint density at radius 3 is 2.52 bits per heavy atom. The molecule has 5 nitrogen and oxygen atoms in total. The fourth-order valence-corrected chi connectivity index (χ4v) is 2.08. The molecular formula is C16H13NO4. The average Bonchev–Trinajstić information content (AvgIpc) is 2.95. The van der Waals surface area contributed by atoms with Gasteiger partial charge in [-0.25, -0.2) is 14.5 Å². The Bertz CT molecular complexity index is 669. The van der Waals surface area contributed by atoms with E-state index >= 15 is 0 Å². The van der Waals surface area contributed by atoms with Gasteiger partial charge in [0, 0.05) is 0 Å². The predicted molar refractivity (Wildman–Crippen MR) is 76.0 cm³/mol. The minimum atomic E-state index is -0.720. The SMILES string of the molecule is O=C1OCCN1C(=O)Oc1cccc(-c2ccccc2)c1. The summed E-state index contributed by atoms with van der Waals surface area (Å²) in [7, 11) is 0. The molecule has 0 saturated carbocycles. The molecule has 5 heteroatoms. The number of ether oxygens (including phenoxy) is 2. The average molecular weight is 283 g/mol. The first-order chi connectivity index (χ1) is 10.2. The largest absolute Gasteiger partial charge is 0.447 e. The van der Waals surface area contributed by atoms with Crippen LogP contribution in [0.2, 0.25) is 0 Å². The van der Waals surface area contributed by atoms with Crippen molar-refractivity contribution < 1.29 is 19.1 Å². The van der Waals surface area contributed by atoms with Crippen LogP contribution in [0.15, 0.2) is 54.6 Å². The molecule has 2 aromatic rings. The Labute approximate surface area is 121 Å². The summed E-state index contributed by atoms with van der Waals surface area (Å²) < 4.78 is 9.92. The van der Waals surface area contributed by atoms with E-state index in [0.717, 1.165) is 16.0 Å². The van der Waals surface area contributed by atoms with Crippen LogP contribution in [-0.4, -0.2) is 30.2 Å². The molecule has 0 radical (unpaired) electrons. The number of carbonyl (C=O) groups is 2. The van der Waals surface area contributed by atoms with Gasteiger partial charge in [0.05, 0.1) is 6.54 Å². The summed E-state index contributed by atoms with van der Waals surface area (Å²) in [6, 6.07) is 16.9. The molecule has 0 aromatic heterocycles. The molecule has 21 heavy (non-hydrogen) atoms. The zero-order valence-electron chi connectivity index (χ0n) is 11.2. The third-order valence-electron chi connectivity index (χ3n) is 3.13. The highest BCUT2D eigenvalue weighted by molar-refractivity contribution is 5.90. The quantitative estimate of drug-likeness (QED) is 0.848. The van der Waals surface area contributed by atoms with Crippen LogP contribution in [0.4, 0.5) is 9.59 Å². The van der Waals surface area contributed by atoms with Gasteiger partial charge < -0.3 is 9.47 Å². The van der Waals surface area contributed by atoms with Crippen molar-refractivity contribution in [3.63, 3.8) is 0 Å². The van der Waals surface area contributed by atoms with Gasteiger partial charge in [0.2, 0.25) is 0 Å². The monoisotopic (exact) mass is 283 g/mol. The second kappa shape index (κ2) is 5.66. The zero-order valence-corrected chi connectivity index (χ0v) is 11.2. The highest BCUT2D eigenvalue weighted by atomic mass is 16.6. The van der Waals surface area contributed by atoms with Crippen LogP contribution in [0.5, 0.6) is 5.75 Å². The van der Waals surface area contributed by atoms with Crippen LogP contribution >= 0.6 is 0 Å². The van der Waals surface area contributed by atoms with Crippen molar-refractivity contribution in [2.75, 3.05) is 13.2 Å². The van der Waals surface area contributed by atoms with Crippen LogP contribution in [0, 0.1) is 0 Å². The molecule has 1 fully saturated rings. The van der Waals surface area contributed by atoms with E-state index in [1.807, 2.05) is 36.4 Å². The first-order valence-electron chi connectivity index (χ1n) is 6.55. The first kappa shape index (κ1) is 13.2. The maximum Gasteiger partial charge on any atom is 0.424 e. The van der Waals surface area contributed by atoms with Crippen molar-refractivity contribution in [1.82, 2.24) is 4.90 Å². The lowest BCUT2D eigenvalue weighted by Gasteiger charge is -2.11. The van der Waals surface area contributed by atoms with Gasteiger partial charge in [0.15, 0.2) is 0 Å². The van der Waals surface area contributed by atoms with E-state index in [0.29, 0.717) is 5.75 Å². The normalized spacial score (nSPS) is 13.9. The van der Waals surface area contributed by atoms with Crippen molar-refractivity contribution in [2.24, 2.45) is 0 Å². The smallest absolute Gasteiger partial charge is 0.424 e. The maximum atomic E-state index is 11.9. The van der Waals surface area contributed by atoms with Crippen LogP contribution in [0.25, 0.3) is 11.1 Å². The Morgan fingerprint density at radius 2 is 1.81 bits per heavy atom. The molecule has 1 aliphatic heterocycles. The van der Waals surface area contributed by atoms with Gasteiger partial charge in [-0.15, -0.1) is 0 Å². The third-order valence-corrected chi connectivity index (χ3v) is 3.13. The number of benzene rings is 2. The molecule has 0 N–H and O–H groups in total. The summed E-state index contributed by atoms with van der Waals surface area (Å²) in [5.74, 6) is 0.390. The lowest BCUT2D eigenvalue weighted by atomic mass is 10.1. The molecule has 0 atom stereocenters. The Kier molecular flexibility index (Phi) is 3.55. The predicted octanol–water partition coefficient (Wildman–Crippen LogP) is 3.30. The highest BCUT2D eigenvalue weighted by Gasteiger charge is 2.30. The van der Waals surface area contributed by atoms with Gasteiger partial charge in [-0.05, 0) is 23.3 Å². The van der Waals surface area contributed by atoms with E-state index in [4.69, 9.17) is 9.47 Å². The summed E-state index contributed by atoms with van der Waals surface area (Å²) in [6.45, 7) is 0.425. The number of rotatable bonds is 2. The van der Waals surface area contributed by atoms with Crippen molar-refractivity contribution in [1.29, 1.82) is 0 Å². The number of nitrogens with zero attached hydrogens (tertiary/aromatic N) is 1. The van der Waals surface area contributed by atoms with Crippen molar-refractivity contribution in [3.8, 4) is 16.9 Å². The van der Waals surface area contributed by atoms with Crippen LogP contribution < -0.4 is 4.74 Å². The molecule has 0 bridgehead atoms. The van der Waals surface area contributed by atoms with E-state index in [1.54, 1.807) is 18.2 Å². The Hall–Kier alpha value is -2.82. The molecule has 1 heterocycles. The van der Waals surface area contributed by atoms with E-state index in [-0.39, 0.29) is 13.2 Å². The molecule has 0 spiro atoms. The Balaban J connectivity index is 1.77. The van der Waals surface area contributed by atoms with Crippen LogP contribution in [0.1, 0.15) is 0 Å². The van der Waals surface area contributed by atoms with Gasteiger partial charge in [-0.3, -0.25) is 0 Å². The molecular weight excluding hydrogens is 270 g/mol. The summed E-state index contributed by atoms with van der Waals surface area (Å²) in [5, 5.41) is 0. The molecule has 106 valence electrons. The van der Waals surface area contributed by atoms with E-state index in [1.165, 1.54) is 0 Å². The van der Waals surface area contributed by atoms with E-state index in [2.05, 4.69) is 0 Å². The topological polar surface area (TPSA) is 55.8 Å². The fourth-order valence-electron chi connectivity index (χ4n) is 2.08. The van der Waals surface area contributed by atoms with Gasteiger partial charge in [-0.2, -0.15) is 0 Å². The van der Waals surface area contributed by atoms with Crippen molar-refractivity contribution >= 4 is 12.2 Å². The second-order valence-corrected chi connectivity index (χ2v) is 4.53. The maximum absolute atomic E-state index is 11.9. The van der Waals surface area contributed by atoms with Crippen LogP contribution in [-0.2, 0) is 4.74 Å². The molecule has 0 unspecified atom stereocenters. The van der Waals surface area contributed by atoms with Crippen LogP contribution in [0.3, 0.4) is 0 Å². The lowest BCUT2D eigenvalue weighted by molar-refractivity contribution is 0.143. The minimum absolute atomic E-state index is 0.206. The van der Waals surface area contributed by atoms with Gasteiger partial charge in [0.25, 0.3) is 0 Å². The molecule has 2 amide bonds. The summed E-state index contributed by atoms with van der Waals surface area (Å²) in [5.41, 5.74) is 1.96. The van der Waals surface area contributed by atoms with Gasteiger partial charge >= 0.3 is 12.2 Å². The van der Waals surface area contributed by atoms with Crippen molar-refractivity contribution in [2.45, 2.75) is 0 Å². The van der Waals surface area contributed by atoms with E-state index < -0.39 is 12.2 Å². The molecule has 0 aliphatic carbocycles. The number of cyclic esters (lactones) is 1. The Morgan fingerprint density at radius 1 is 1.05 bits per heavy atom. The van der Waals surface area contributed by atoms with Crippen molar-refractivity contribution in [3.05, 3.63) is 54.6 Å². The number of amides is 2. The molecule has 2 aromatic carbocycles. The minimum Gasteiger partial charge on any atom is -0.447 e. The summed E-state index contributed by atoms with van der Waals surface area (Å²) >= 11 is 0. The summed E-state index contributed by atoms with van der Waals surface area (Å²) in [6.07, 6.45) is -1.39. The third kappa shape index (κ3) is 2.86. The van der Waals surface area contributed by atoms with Gasteiger partial charge in [0.1, 0.15) is 12.4 Å². The lowest BCUT2D eigenvalue weighted by Crippen LogP contribution is -2.34. The number of hydrogen-bond donors (Lipinski definition) is 0. The molecule has 1 aliphatic rings. The number of carbonyl (C=O) groups excluding carboxylic acids is 2. The highest BCUT2D eigenvalue weighted by Crippen LogP contribution is 2.24. The fraction of sp³-hybridized carbons (Fsp3) is 0.125. The molecule has 3 rings (SSSR count). The standard InChI is InChI=1S/C16H13NO4/c18-15-17(9-10-20-15)16(19)21-14-8-4-7-13(11-14)12-5-2-1-3-6-12/h1-8,11H,9-10H2.